The number of hydrogen-bond acceptors (Lipinski definition) is 16. The Labute approximate surface area is 855 Å². The van der Waals surface area contributed by atoms with Crippen LogP contribution in [0.4, 0.5) is 81.4 Å². The number of methoxy groups -OCH3 is 1. The van der Waals surface area contributed by atoms with E-state index in [2.05, 4.69) is 391 Å². The van der Waals surface area contributed by atoms with Gasteiger partial charge in [0, 0.05) is 246 Å². The van der Waals surface area contributed by atoms with Crippen molar-refractivity contribution < 1.29 is 32.2 Å². The summed E-state index contributed by atoms with van der Waals surface area (Å²) in [5.41, 5.74) is 40.2. The van der Waals surface area contributed by atoms with Crippen molar-refractivity contribution >= 4 is 113 Å². The molecule has 0 amide bonds. The number of carbonyl (C=O) groups is 2. The van der Waals surface area contributed by atoms with Gasteiger partial charge in [-0.25, -0.2) is 4.79 Å². The summed E-state index contributed by atoms with van der Waals surface area (Å²) >= 11 is 7.35. The van der Waals surface area contributed by atoms with Crippen LogP contribution in [-0.4, -0.2) is 189 Å². The van der Waals surface area contributed by atoms with Crippen LogP contribution >= 0.6 is 31.9 Å². The molecule has 141 heavy (non-hydrogen) atoms. The van der Waals surface area contributed by atoms with Crippen molar-refractivity contribution in [3.63, 3.8) is 0 Å². The van der Waals surface area contributed by atoms with Crippen LogP contribution in [0.2, 0.25) is 0 Å². The van der Waals surface area contributed by atoms with E-state index in [4.69, 9.17) is 9.47 Å². The standard InChI is InChI=1S/C28H28N2.C20H24N2O4.C20H28N2.C18H21F3N2.C18H24N2.C16H18Br2N2/c1-29(2)23-15-17-25(27(19-23)21-11-7-5-8-12-21)26-18-16-24(30(3)4)20-28(26)22-13-9-6-10-14-22;1-21(2)15-6-8-17(14(10-15)12-26-13-23)18-9-7-16(22(3)4)11-19(18)20(24)25-5;1-13-9-17(21(5)6)10-14(2)19(13)20-15(3)11-18(22(7)8)12-16(20)4;1-12-10-13(22(2)3)6-8-15(12)16-9-7-14(23(4)5)11-17(16)18(19,20)21;1-13-11-15(19(3)4)7-9-17(13)18-10-8-16(20(5)6)12-14(18)2;1-19(2)11-5-7-13(15(17)9-11)14-8-6-12(20(3)4)10-16(14)18/h5-20H,1-4H3;6-11,13H,12H2,1-5H3;9-12H,1-8H3;6-11H,1-5H3;7-12H,1-6H3;5-10H,1-4H3. The highest BCUT2D eigenvalue weighted by Crippen LogP contribution is 2.46. The molecule has 0 saturated heterocycles. The molecule has 0 aliphatic carbocycles. The molecule has 21 heteroatoms. The minimum atomic E-state index is -4.39. The largest absolute Gasteiger partial charge is 0.465 e. The minimum Gasteiger partial charge on any atom is -0.465 e. The fourth-order valence-corrected chi connectivity index (χ4v) is 17.8. The van der Waals surface area contributed by atoms with Gasteiger partial charge in [-0.15, -0.1) is 0 Å². The Balaban J connectivity index is 0.000000190. The number of halogens is 5. The Morgan fingerprint density at radius 1 is 0.270 bits per heavy atom. The van der Waals surface area contributed by atoms with Crippen LogP contribution in [0.25, 0.3) is 89.0 Å². The summed E-state index contributed by atoms with van der Waals surface area (Å²) in [5, 5.41) is 0. The van der Waals surface area contributed by atoms with E-state index < -0.39 is 17.7 Å². The molecular weight excluding hydrogens is 1890 g/mol. The third kappa shape index (κ3) is 28.8. The lowest BCUT2D eigenvalue weighted by molar-refractivity contribution is -0.137. The van der Waals surface area contributed by atoms with E-state index in [1.54, 1.807) is 43.3 Å². The number of nitrogens with zero attached hydrogens (tertiary/aromatic N) is 12. The quantitative estimate of drug-likeness (QED) is 0.0424. The number of ether oxygens (including phenoxy) is 2. The number of aryl methyl sites for hydroxylation is 7. The van der Waals surface area contributed by atoms with E-state index in [-0.39, 0.29) is 12.2 Å². The van der Waals surface area contributed by atoms with Gasteiger partial charge in [0.25, 0.3) is 6.47 Å². The van der Waals surface area contributed by atoms with Crippen molar-refractivity contribution in [2.45, 2.75) is 61.2 Å². The molecule has 0 fully saturated rings. The number of esters is 1. The maximum absolute atomic E-state index is 13.5. The van der Waals surface area contributed by atoms with Crippen LogP contribution in [-0.2, 0) is 27.1 Å². The molecule has 0 atom stereocenters. The Kier molecular flexibility index (Phi) is 39.3. The molecule has 0 radical (unpaired) electrons. The van der Waals surface area contributed by atoms with Gasteiger partial charge in [0.05, 0.1) is 18.2 Å². The van der Waals surface area contributed by atoms with Gasteiger partial charge in [-0.3, -0.25) is 4.79 Å². The topological polar surface area (TPSA) is 91.5 Å². The summed E-state index contributed by atoms with van der Waals surface area (Å²) in [4.78, 5) is 47.6. The average Bonchev–Trinajstić information content (AvgIpc) is 0.781. The molecule has 0 N–H and O–H groups in total. The first-order valence-corrected chi connectivity index (χ1v) is 48.4. The molecule has 0 saturated carbocycles. The summed E-state index contributed by atoms with van der Waals surface area (Å²) < 4.78 is 52.6. The van der Waals surface area contributed by atoms with Crippen LogP contribution in [0.3, 0.4) is 0 Å². The zero-order chi connectivity index (χ0) is 104. The van der Waals surface area contributed by atoms with Gasteiger partial charge in [-0.05, 0) is 328 Å². The number of benzene rings is 14. The first-order chi connectivity index (χ1) is 66.5. The minimum absolute atomic E-state index is 0.122. The Morgan fingerprint density at radius 3 is 0.809 bits per heavy atom. The molecular formula is C120H143Br2F3N12O4. The van der Waals surface area contributed by atoms with Gasteiger partial charge in [-0.2, -0.15) is 13.2 Å². The van der Waals surface area contributed by atoms with E-state index in [1.165, 1.54) is 159 Å². The first-order valence-electron chi connectivity index (χ1n) is 46.8. The predicted molar refractivity (Wildman–Crippen MR) is 610 cm³/mol. The Morgan fingerprint density at radius 2 is 0.518 bits per heavy atom. The van der Waals surface area contributed by atoms with E-state index >= 15 is 0 Å². The third-order valence-corrected chi connectivity index (χ3v) is 26.1. The molecule has 14 rings (SSSR count). The zero-order valence-corrected chi connectivity index (χ0v) is 91.7. The van der Waals surface area contributed by atoms with Crippen LogP contribution in [0.1, 0.15) is 60.4 Å². The molecule has 0 spiro atoms. The van der Waals surface area contributed by atoms with Crippen LogP contribution in [0.5, 0.6) is 0 Å². The third-order valence-electron chi connectivity index (χ3n) is 24.8. The lowest BCUT2D eigenvalue weighted by atomic mass is 9.88. The summed E-state index contributed by atoms with van der Waals surface area (Å²) in [6, 6.07) is 91.5. The molecule has 14 aromatic carbocycles. The van der Waals surface area contributed by atoms with Gasteiger partial charge in [-0.1, -0.05) is 153 Å². The van der Waals surface area contributed by atoms with Gasteiger partial charge in [0.15, 0.2) is 0 Å². The van der Waals surface area contributed by atoms with Crippen molar-refractivity contribution in [2.75, 3.05) is 235 Å². The van der Waals surface area contributed by atoms with E-state index in [1.807, 2.05) is 135 Å². The van der Waals surface area contributed by atoms with Crippen molar-refractivity contribution in [3.8, 4) is 89.0 Å². The second kappa shape index (κ2) is 50.0. The van der Waals surface area contributed by atoms with Gasteiger partial charge >= 0.3 is 12.1 Å². The molecule has 0 heterocycles. The summed E-state index contributed by atoms with van der Waals surface area (Å²) in [6.07, 6.45) is -4.39. The molecule has 742 valence electrons. The van der Waals surface area contributed by atoms with Crippen LogP contribution in [0, 0.1) is 48.5 Å². The molecule has 0 aliphatic rings. The monoisotopic (exact) mass is 2030 g/mol. The average molecular weight is 2030 g/mol. The fraction of sp³-hybridized carbons (Fsp3) is 0.283. The zero-order valence-electron chi connectivity index (χ0n) is 88.6. The number of hydrogen-bond donors (Lipinski definition) is 0. The maximum atomic E-state index is 13.5. The second-order valence-electron chi connectivity index (χ2n) is 37.9. The van der Waals surface area contributed by atoms with Gasteiger partial charge in [0.2, 0.25) is 0 Å². The van der Waals surface area contributed by atoms with E-state index in [0.717, 1.165) is 48.3 Å². The van der Waals surface area contributed by atoms with E-state index in [0.29, 0.717) is 23.3 Å². The lowest BCUT2D eigenvalue weighted by Crippen LogP contribution is -2.13. The smallest absolute Gasteiger partial charge is 0.417 e. The highest BCUT2D eigenvalue weighted by molar-refractivity contribution is 9.11. The Bertz CT molecular complexity index is 6190. The number of anilines is 12. The van der Waals surface area contributed by atoms with Crippen LogP contribution < -0.4 is 58.8 Å². The van der Waals surface area contributed by atoms with Crippen molar-refractivity contribution in [1.82, 2.24) is 0 Å². The fourth-order valence-electron chi connectivity index (χ4n) is 16.6. The molecule has 0 aliphatic heterocycles. The number of alkyl halides is 3. The molecule has 14 aromatic rings. The van der Waals surface area contributed by atoms with Crippen molar-refractivity contribution in [1.29, 1.82) is 0 Å². The predicted octanol–water partition coefficient (Wildman–Crippen LogP) is 28.4. The summed E-state index contributed by atoms with van der Waals surface area (Å²) in [7, 11) is 49.5. The highest BCUT2D eigenvalue weighted by atomic mass is 79.9. The second-order valence-corrected chi connectivity index (χ2v) is 39.6. The lowest BCUT2D eigenvalue weighted by Gasteiger charge is -2.22. The van der Waals surface area contributed by atoms with Crippen LogP contribution in [0.15, 0.2) is 276 Å². The van der Waals surface area contributed by atoms with E-state index in [9.17, 15) is 22.8 Å². The Hall–Kier alpha value is -13.6. The highest BCUT2D eigenvalue weighted by Gasteiger charge is 2.35. The molecule has 0 bridgehead atoms. The SMILES string of the molecule is CN(C)c1ccc(-c2ccc(N(C)C)cc2-c2ccccc2)c(-c2ccccc2)c1.CN(C)c1ccc(-c2ccc(N(C)C)cc2Br)c(Br)c1.COC(=O)c1cc(N(C)C)ccc1-c1ccc(N(C)C)cc1COC=O.Cc1cc(N(C)C)cc(C)c1-c1c(C)cc(N(C)C)cc1C.Cc1cc(N(C)C)ccc1-c1ccc(N(C)C)cc1C.Cc1cc(N(C)C)ccc1-c1ccc(N(C)C)cc1C(F)(F)F. The first kappa shape index (κ1) is 111. The van der Waals surface area contributed by atoms with Crippen molar-refractivity contribution in [2.24, 2.45) is 0 Å². The normalized spacial score (nSPS) is 10.7. The van der Waals surface area contributed by atoms with Crippen molar-refractivity contribution in [3.05, 3.63) is 332 Å². The summed E-state index contributed by atoms with van der Waals surface area (Å²) in [6.45, 7) is 15.6. The molecule has 16 nitrogen and oxygen atoms in total. The van der Waals surface area contributed by atoms with Gasteiger partial charge < -0.3 is 68.3 Å². The molecule has 0 unspecified atom stereocenters. The number of rotatable bonds is 24. The maximum Gasteiger partial charge on any atom is 0.417 e. The number of carbonyl (C=O) groups excluding carboxylic acids is 2. The van der Waals surface area contributed by atoms with Gasteiger partial charge in [0.1, 0.15) is 6.61 Å². The summed E-state index contributed by atoms with van der Waals surface area (Å²) in [5.74, 6) is -0.414. The molecule has 0 aromatic heterocycles.